The maximum atomic E-state index is 5.34. The van der Waals surface area contributed by atoms with Crippen LogP contribution in [0.1, 0.15) is 5.56 Å². The zero-order valence-corrected chi connectivity index (χ0v) is 7.68. The number of aromatic nitrogens is 1. The number of oxime groups is 1. The summed E-state index contributed by atoms with van der Waals surface area (Å²) >= 11 is 0. The Morgan fingerprint density at radius 2 is 2.43 bits per heavy atom. The van der Waals surface area contributed by atoms with Gasteiger partial charge >= 0.3 is 0 Å². The lowest BCUT2D eigenvalue weighted by Gasteiger charge is -2.06. The van der Waals surface area contributed by atoms with E-state index < -0.39 is 0 Å². The van der Waals surface area contributed by atoms with E-state index in [1.54, 1.807) is 6.20 Å². The van der Waals surface area contributed by atoms with Gasteiger partial charge < -0.3 is 10.2 Å². The molecular weight excluding hydrogens is 178 g/mol. The average molecular weight is 189 g/mol. The summed E-state index contributed by atoms with van der Waals surface area (Å²) in [5, 5.41) is 7.42. The van der Waals surface area contributed by atoms with Gasteiger partial charge in [0.15, 0.2) is 0 Å². The number of pyridine rings is 1. The summed E-state index contributed by atoms with van der Waals surface area (Å²) in [5.74, 6) is 0.402. The van der Waals surface area contributed by atoms with E-state index in [0.29, 0.717) is 5.92 Å². The normalized spacial score (nSPS) is 29.6. The molecule has 2 unspecified atom stereocenters. The molecule has 1 fully saturated rings. The first kappa shape index (κ1) is 7.94. The highest BCUT2D eigenvalue weighted by molar-refractivity contribution is 6.03. The maximum Gasteiger partial charge on any atom is 0.149 e. The van der Waals surface area contributed by atoms with E-state index in [0.717, 1.165) is 24.4 Å². The molecule has 14 heavy (non-hydrogen) atoms. The molecule has 2 aliphatic rings. The van der Waals surface area contributed by atoms with Gasteiger partial charge in [-0.15, -0.1) is 0 Å². The van der Waals surface area contributed by atoms with Crippen LogP contribution in [-0.4, -0.2) is 29.9 Å². The van der Waals surface area contributed by atoms with Crippen molar-refractivity contribution in [3.05, 3.63) is 30.1 Å². The molecule has 0 spiro atoms. The molecule has 72 valence electrons. The Kier molecular flexibility index (Phi) is 1.73. The number of nitrogens with zero attached hydrogens (tertiary/aromatic N) is 2. The number of fused-ring (bicyclic) bond motifs is 1. The number of nitrogens with one attached hydrogen (secondary N) is 1. The summed E-state index contributed by atoms with van der Waals surface area (Å²) in [6.45, 7) is 1.86. The molecule has 0 saturated carbocycles. The topological polar surface area (TPSA) is 46.5 Å². The Bertz CT molecular complexity index is 363. The molecule has 0 bridgehead atoms. The quantitative estimate of drug-likeness (QED) is 0.695. The van der Waals surface area contributed by atoms with Crippen LogP contribution in [0.15, 0.2) is 29.7 Å². The van der Waals surface area contributed by atoms with Crippen molar-refractivity contribution in [3.63, 3.8) is 0 Å². The van der Waals surface area contributed by atoms with Gasteiger partial charge in [-0.05, 0) is 12.1 Å². The van der Waals surface area contributed by atoms with Crippen molar-refractivity contribution in [2.75, 3.05) is 13.1 Å². The van der Waals surface area contributed by atoms with Crippen molar-refractivity contribution >= 4 is 5.71 Å². The van der Waals surface area contributed by atoms with Gasteiger partial charge in [0.25, 0.3) is 0 Å². The SMILES string of the molecule is c1cncc(C2=NOC3CNCC23)c1. The Morgan fingerprint density at radius 3 is 3.29 bits per heavy atom. The fraction of sp³-hybridized carbons (Fsp3) is 0.400. The first-order valence-electron chi connectivity index (χ1n) is 4.80. The van der Waals surface area contributed by atoms with Gasteiger partial charge in [-0.1, -0.05) is 5.16 Å². The molecule has 1 aromatic rings. The summed E-state index contributed by atoms with van der Waals surface area (Å²) in [6, 6.07) is 3.95. The molecule has 0 aliphatic carbocycles. The highest BCUT2D eigenvalue weighted by Crippen LogP contribution is 2.25. The maximum absolute atomic E-state index is 5.34. The lowest BCUT2D eigenvalue weighted by molar-refractivity contribution is 0.0842. The van der Waals surface area contributed by atoms with Gasteiger partial charge in [0.2, 0.25) is 0 Å². The van der Waals surface area contributed by atoms with E-state index in [1.165, 1.54) is 0 Å². The molecule has 0 radical (unpaired) electrons. The molecule has 2 aliphatic heterocycles. The Labute approximate surface area is 82.0 Å². The van der Waals surface area contributed by atoms with E-state index in [2.05, 4.69) is 15.5 Å². The molecular formula is C10H11N3O. The van der Waals surface area contributed by atoms with E-state index in [9.17, 15) is 0 Å². The standard InChI is InChI=1S/C10H11N3O/c1-2-7(4-11-3-1)10-8-5-12-6-9(8)14-13-10/h1-4,8-9,12H,5-6H2. The lowest BCUT2D eigenvalue weighted by Crippen LogP contribution is -2.21. The van der Waals surface area contributed by atoms with Crippen LogP contribution in [0.3, 0.4) is 0 Å². The number of hydrogen-bond donors (Lipinski definition) is 1. The number of hydrogen-bond acceptors (Lipinski definition) is 4. The highest BCUT2D eigenvalue weighted by atomic mass is 16.6. The molecule has 1 saturated heterocycles. The molecule has 2 atom stereocenters. The third-order valence-corrected chi connectivity index (χ3v) is 2.75. The van der Waals surface area contributed by atoms with Crippen molar-refractivity contribution in [3.8, 4) is 0 Å². The summed E-state index contributed by atoms with van der Waals surface area (Å²) in [5.41, 5.74) is 2.11. The van der Waals surface area contributed by atoms with E-state index in [1.807, 2.05) is 18.3 Å². The van der Waals surface area contributed by atoms with E-state index in [-0.39, 0.29) is 6.10 Å². The molecule has 1 aromatic heterocycles. The molecule has 3 rings (SSSR count). The minimum Gasteiger partial charge on any atom is -0.390 e. The lowest BCUT2D eigenvalue weighted by atomic mass is 9.96. The highest BCUT2D eigenvalue weighted by Gasteiger charge is 2.38. The van der Waals surface area contributed by atoms with Crippen LogP contribution in [0.2, 0.25) is 0 Å². The third-order valence-electron chi connectivity index (χ3n) is 2.75. The second-order valence-corrected chi connectivity index (χ2v) is 3.63. The van der Waals surface area contributed by atoms with Crippen molar-refractivity contribution in [1.29, 1.82) is 0 Å². The third kappa shape index (κ3) is 1.11. The van der Waals surface area contributed by atoms with Crippen molar-refractivity contribution in [2.45, 2.75) is 6.10 Å². The van der Waals surface area contributed by atoms with Crippen molar-refractivity contribution in [2.24, 2.45) is 11.1 Å². The summed E-state index contributed by atoms with van der Waals surface area (Å²) in [7, 11) is 0. The van der Waals surface area contributed by atoms with Crippen LogP contribution in [0.4, 0.5) is 0 Å². The first-order chi connectivity index (χ1) is 6.95. The predicted octanol–water partition coefficient (Wildman–Crippen LogP) is 0.404. The van der Waals surface area contributed by atoms with Gasteiger partial charge in [-0.2, -0.15) is 0 Å². The molecule has 0 aromatic carbocycles. The molecule has 0 amide bonds. The van der Waals surface area contributed by atoms with Gasteiger partial charge in [0, 0.05) is 31.0 Å². The number of rotatable bonds is 1. The fourth-order valence-electron chi connectivity index (χ4n) is 2.01. The van der Waals surface area contributed by atoms with Crippen LogP contribution in [0, 0.1) is 5.92 Å². The van der Waals surface area contributed by atoms with Crippen LogP contribution in [-0.2, 0) is 4.84 Å². The van der Waals surface area contributed by atoms with E-state index in [4.69, 9.17) is 4.84 Å². The molecule has 4 heteroatoms. The summed E-state index contributed by atoms with van der Waals surface area (Å²) < 4.78 is 0. The van der Waals surface area contributed by atoms with Gasteiger partial charge in [-0.3, -0.25) is 4.98 Å². The molecule has 1 N–H and O–H groups in total. The van der Waals surface area contributed by atoms with Gasteiger partial charge in [0.1, 0.15) is 6.10 Å². The minimum atomic E-state index is 0.227. The Hall–Kier alpha value is -1.42. The van der Waals surface area contributed by atoms with Crippen LogP contribution in [0.25, 0.3) is 0 Å². The second kappa shape index (κ2) is 3.06. The summed E-state index contributed by atoms with van der Waals surface area (Å²) in [6.07, 6.45) is 3.83. The molecule has 3 heterocycles. The first-order valence-corrected chi connectivity index (χ1v) is 4.80. The Balaban J connectivity index is 1.93. The van der Waals surface area contributed by atoms with Crippen LogP contribution >= 0.6 is 0 Å². The predicted molar refractivity (Wildman–Crippen MR) is 52.0 cm³/mol. The van der Waals surface area contributed by atoms with Crippen LogP contribution in [0.5, 0.6) is 0 Å². The molecule has 4 nitrogen and oxygen atoms in total. The van der Waals surface area contributed by atoms with Crippen LogP contribution < -0.4 is 5.32 Å². The largest absolute Gasteiger partial charge is 0.390 e. The van der Waals surface area contributed by atoms with Gasteiger partial charge in [-0.25, -0.2) is 0 Å². The Morgan fingerprint density at radius 1 is 1.43 bits per heavy atom. The fourth-order valence-corrected chi connectivity index (χ4v) is 2.01. The smallest absolute Gasteiger partial charge is 0.149 e. The van der Waals surface area contributed by atoms with Crippen molar-refractivity contribution in [1.82, 2.24) is 10.3 Å². The average Bonchev–Trinajstić information content (AvgIpc) is 2.79. The van der Waals surface area contributed by atoms with Gasteiger partial charge in [0.05, 0.1) is 11.6 Å². The second-order valence-electron chi connectivity index (χ2n) is 3.63. The summed E-state index contributed by atoms with van der Waals surface area (Å²) in [4.78, 5) is 9.43. The zero-order chi connectivity index (χ0) is 9.38. The van der Waals surface area contributed by atoms with E-state index >= 15 is 0 Å². The minimum absolute atomic E-state index is 0.227. The monoisotopic (exact) mass is 189 g/mol. The van der Waals surface area contributed by atoms with Crippen molar-refractivity contribution < 1.29 is 4.84 Å². The zero-order valence-electron chi connectivity index (χ0n) is 7.68.